The summed E-state index contributed by atoms with van der Waals surface area (Å²) in [5.74, 6) is 2.04. The fourth-order valence-electron chi connectivity index (χ4n) is 4.15. The van der Waals surface area contributed by atoms with Crippen LogP contribution in [-0.4, -0.2) is 30.5 Å². The van der Waals surface area contributed by atoms with Crippen LogP contribution in [0.3, 0.4) is 0 Å². The van der Waals surface area contributed by atoms with Gasteiger partial charge >= 0.3 is 0 Å². The Morgan fingerprint density at radius 1 is 1.14 bits per heavy atom. The lowest BCUT2D eigenvalue weighted by molar-refractivity contribution is -0.126. The van der Waals surface area contributed by atoms with Crippen LogP contribution >= 0.6 is 0 Å². The average molecular weight is 397 g/mol. The summed E-state index contributed by atoms with van der Waals surface area (Å²) in [5.41, 5.74) is 2.06. The van der Waals surface area contributed by atoms with E-state index in [2.05, 4.69) is 35.9 Å². The normalized spacial score (nSPS) is 22.5. The Morgan fingerprint density at radius 3 is 2.72 bits per heavy atom. The van der Waals surface area contributed by atoms with Crippen LogP contribution < -0.4 is 16.0 Å². The molecule has 2 saturated carbocycles. The molecule has 2 aromatic rings. The lowest BCUT2D eigenvalue weighted by Crippen LogP contribution is -2.47. The fraction of sp³-hybridized carbons (Fsp3) is 0.565. The van der Waals surface area contributed by atoms with Crippen LogP contribution in [0.5, 0.6) is 0 Å². The van der Waals surface area contributed by atoms with Gasteiger partial charge in [-0.1, -0.05) is 24.6 Å². The summed E-state index contributed by atoms with van der Waals surface area (Å²) in [5, 5.41) is 11.2. The molecule has 1 aromatic heterocycles. The second-order valence-electron chi connectivity index (χ2n) is 8.33. The second kappa shape index (κ2) is 8.89. The van der Waals surface area contributed by atoms with E-state index in [0.29, 0.717) is 12.6 Å². The molecule has 2 aliphatic carbocycles. The molecule has 156 valence electrons. The number of nitrogens with zero attached hydrogens (tertiary/aromatic N) is 1. The quantitative estimate of drug-likeness (QED) is 0.515. The van der Waals surface area contributed by atoms with Crippen molar-refractivity contribution in [2.75, 3.05) is 6.54 Å². The smallest absolute Gasteiger partial charge is 0.223 e. The number of carbonyl (C=O) groups is 1. The lowest BCUT2D eigenvalue weighted by Gasteiger charge is -2.30. The maximum atomic E-state index is 12.4. The molecule has 6 heteroatoms. The maximum absolute atomic E-state index is 12.4. The van der Waals surface area contributed by atoms with Crippen molar-refractivity contribution < 1.29 is 9.21 Å². The third-order valence-corrected chi connectivity index (χ3v) is 5.98. The first-order valence-corrected chi connectivity index (χ1v) is 11.0. The highest BCUT2D eigenvalue weighted by Crippen LogP contribution is 2.27. The second-order valence-corrected chi connectivity index (χ2v) is 8.33. The van der Waals surface area contributed by atoms with Gasteiger partial charge in [-0.25, -0.2) is 4.99 Å². The van der Waals surface area contributed by atoms with Crippen molar-refractivity contribution in [3.8, 4) is 0 Å². The van der Waals surface area contributed by atoms with E-state index in [4.69, 9.17) is 9.41 Å². The molecule has 0 spiro atoms. The third-order valence-electron chi connectivity index (χ3n) is 5.98. The first-order chi connectivity index (χ1) is 14.1. The highest BCUT2D eigenvalue weighted by molar-refractivity contribution is 5.83. The molecular formula is C23H32N4O2. The van der Waals surface area contributed by atoms with E-state index < -0.39 is 0 Å². The van der Waals surface area contributed by atoms with Gasteiger partial charge in [0.25, 0.3) is 0 Å². The molecule has 0 bridgehead atoms. The molecule has 3 N–H and O–H groups in total. The van der Waals surface area contributed by atoms with Crippen molar-refractivity contribution in [1.82, 2.24) is 16.0 Å². The summed E-state index contributed by atoms with van der Waals surface area (Å²) >= 11 is 0. The number of nitrogens with one attached hydrogen (secondary N) is 3. The molecule has 2 aliphatic rings. The first-order valence-electron chi connectivity index (χ1n) is 11.0. The predicted molar refractivity (Wildman–Crippen MR) is 116 cm³/mol. The zero-order valence-electron chi connectivity index (χ0n) is 17.5. The Kier molecular flexibility index (Phi) is 6.07. The minimum Gasteiger partial charge on any atom is -0.459 e. The van der Waals surface area contributed by atoms with Crippen LogP contribution in [0.1, 0.15) is 56.8 Å². The first kappa shape index (κ1) is 19.8. The zero-order chi connectivity index (χ0) is 20.2. The molecular weight excluding hydrogens is 364 g/mol. The Morgan fingerprint density at radius 2 is 1.97 bits per heavy atom. The van der Waals surface area contributed by atoms with Crippen LogP contribution in [0.25, 0.3) is 11.0 Å². The number of furan rings is 1. The van der Waals surface area contributed by atoms with E-state index in [-0.39, 0.29) is 17.9 Å². The molecule has 1 aromatic carbocycles. The number of aryl methyl sites for hydroxylation is 1. The van der Waals surface area contributed by atoms with Gasteiger partial charge in [0.1, 0.15) is 17.9 Å². The summed E-state index contributed by atoms with van der Waals surface area (Å²) in [7, 11) is 0. The number of hydrogen-bond acceptors (Lipinski definition) is 3. The number of guanidine groups is 1. The van der Waals surface area contributed by atoms with Crippen molar-refractivity contribution in [3.05, 3.63) is 35.6 Å². The topological polar surface area (TPSA) is 78.7 Å². The van der Waals surface area contributed by atoms with E-state index >= 15 is 0 Å². The largest absolute Gasteiger partial charge is 0.459 e. The van der Waals surface area contributed by atoms with Crippen molar-refractivity contribution in [2.45, 2.75) is 71.0 Å². The number of carbonyl (C=O) groups excluding carboxylic acids is 1. The van der Waals surface area contributed by atoms with Crippen LogP contribution in [-0.2, 0) is 11.3 Å². The monoisotopic (exact) mass is 396 g/mol. The van der Waals surface area contributed by atoms with E-state index in [1.807, 2.05) is 18.2 Å². The molecule has 6 nitrogen and oxygen atoms in total. The summed E-state index contributed by atoms with van der Waals surface area (Å²) in [4.78, 5) is 17.2. The van der Waals surface area contributed by atoms with Gasteiger partial charge in [-0.3, -0.25) is 4.79 Å². The number of para-hydroxylation sites is 1. The van der Waals surface area contributed by atoms with Crippen molar-refractivity contribution in [3.63, 3.8) is 0 Å². The molecule has 4 rings (SSSR count). The van der Waals surface area contributed by atoms with Gasteiger partial charge < -0.3 is 20.4 Å². The Labute approximate surface area is 172 Å². The Hall–Kier alpha value is -2.50. The maximum Gasteiger partial charge on any atom is 0.223 e. The number of hydrogen-bond donors (Lipinski definition) is 3. The number of fused-ring (bicyclic) bond motifs is 1. The molecule has 2 fully saturated rings. The number of rotatable bonds is 6. The van der Waals surface area contributed by atoms with Gasteiger partial charge in [0, 0.05) is 35.5 Å². The Balaban J connectivity index is 1.39. The van der Waals surface area contributed by atoms with E-state index in [0.717, 1.165) is 73.3 Å². The standard InChI is InChI=1S/C23H32N4O2/c1-3-24-23(25-14-21-15(2)19-9-4-5-10-20(19)29-21)27-18-8-6-7-16(13-18)22(28)26-17-11-12-17/h4-5,9-10,16-18H,3,6-8,11-14H2,1-2H3,(H,26,28)(H2,24,25,27). The lowest BCUT2D eigenvalue weighted by atomic mass is 9.85. The van der Waals surface area contributed by atoms with Crippen molar-refractivity contribution in [1.29, 1.82) is 0 Å². The molecule has 0 saturated heterocycles. The summed E-state index contributed by atoms with van der Waals surface area (Å²) in [6.45, 7) is 5.44. The summed E-state index contributed by atoms with van der Waals surface area (Å²) in [6.07, 6.45) is 6.27. The van der Waals surface area contributed by atoms with Crippen LogP contribution in [0.4, 0.5) is 0 Å². The SMILES string of the molecule is CCNC(=NCc1oc2ccccc2c1C)NC1CCCC(C(=O)NC2CC2)C1. The zero-order valence-corrected chi connectivity index (χ0v) is 17.5. The van der Waals surface area contributed by atoms with Crippen LogP contribution in [0.2, 0.25) is 0 Å². The molecule has 2 unspecified atom stereocenters. The summed E-state index contributed by atoms with van der Waals surface area (Å²) < 4.78 is 5.99. The van der Waals surface area contributed by atoms with Crippen molar-refractivity contribution in [2.24, 2.45) is 10.9 Å². The van der Waals surface area contributed by atoms with E-state index in [9.17, 15) is 4.79 Å². The molecule has 1 heterocycles. The molecule has 0 aliphatic heterocycles. The van der Waals surface area contributed by atoms with Gasteiger partial charge in [-0.2, -0.15) is 0 Å². The van der Waals surface area contributed by atoms with Gasteiger partial charge in [0.15, 0.2) is 5.96 Å². The minimum atomic E-state index is 0.113. The Bertz CT molecular complexity index is 884. The third kappa shape index (κ3) is 4.92. The average Bonchev–Trinajstić information content (AvgIpc) is 3.49. The van der Waals surface area contributed by atoms with E-state index in [1.54, 1.807) is 0 Å². The highest BCUT2D eigenvalue weighted by Gasteiger charge is 2.31. The molecule has 1 amide bonds. The number of aliphatic imine (C=N–C) groups is 1. The van der Waals surface area contributed by atoms with E-state index in [1.165, 1.54) is 0 Å². The fourth-order valence-corrected chi connectivity index (χ4v) is 4.15. The van der Waals surface area contributed by atoms with Gasteiger partial charge in [-0.15, -0.1) is 0 Å². The number of benzene rings is 1. The van der Waals surface area contributed by atoms with Crippen LogP contribution in [0, 0.1) is 12.8 Å². The van der Waals surface area contributed by atoms with Crippen LogP contribution in [0.15, 0.2) is 33.7 Å². The van der Waals surface area contributed by atoms with Gasteiger partial charge in [-0.05, 0) is 52.0 Å². The van der Waals surface area contributed by atoms with Crippen molar-refractivity contribution >= 4 is 22.8 Å². The number of amides is 1. The highest BCUT2D eigenvalue weighted by atomic mass is 16.3. The molecule has 0 radical (unpaired) electrons. The van der Waals surface area contributed by atoms with Gasteiger partial charge in [0.2, 0.25) is 5.91 Å². The van der Waals surface area contributed by atoms with Gasteiger partial charge in [0.05, 0.1) is 0 Å². The minimum absolute atomic E-state index is 0.113. The predicted octanol–water partition coefficient (Wildman–Crippen LogP) is 3.63. The molecule has 29 heavy (non-hydrogen) atoms. The summed E-state index contributed by atoms with van der Waals surface area (Å²) in [6, 6.07) is 8.80. The molecule has 2 atom stereocenters.